The molecule has 1 fully saturated rings. The third-order valence-electron chi connectivity index (χ3n) is 3.75. The summed E-state index contributed by atoms with van der Waals surface area (Å²) in [7, 11) is 2.12. The van der Waals surface area contributed by atoms with Gasteiger partial charge in [-0.05, 0) is 59.8 Å². The number of hydrogen-bond acceptors (Lipinski definition) is 3. The van der Waals surface area contributed by atoms with Gasteiger partial charge < -0.3 is 10.6 Å². The molecule has 3 nitrogen and oxygen atoms in total. The van der Waals surface area contributed by atoms with Crippen molar-refractivity contribution in [1.82, 2.24) is 0 Å². The van der Waals surface area contributed by atoms with E-state index in [1.807, 2.05) is 18.2 Å². The third kappa shape index (κ3) is 2.85. The van der Waals surface area contributed by atoms with Crippen LogP contribution >= 0.6 is 15.9 Å². The molecule has 0 spiro atoms. The van der Waals surface area contributed by atoms with E-state index >= 15 is 0 Å². The standard InChI is InChI=1S/C14H18BrN3/c1-18(12-5-3-11(17)4-6-12)14-7-2-10(9-16)8-13(14)15/h2,7-8,11-12H,3-6,17H2,1H3. The highest BCUT2D eigenvalue weighted by Gasteiger charge is 2.23. The molecule has 0 amide bonds. The van der Waals surface area contributed by atoms with Crippen molar-refractivity contribution in [1.29, 1.82) is 5.26 Å². The summed E-state index contributed by atoms with van der Waals surface area (Å²) in [6.45, 7) is 0. The fourth-order valence-electron chi connectivity index (χ4n) is 2.55. The third-order valence-corrected chi connectivity index (χ3v) is 4.38. The second kappa shape index (κ2) is 5.73. The zero-order valence-corrected chi connectivity index (χ0v) is 12.2. The highest BCUT2D eigenvalue weighted by atomic mass is 79.9. The lowest BCUT2D eigenvalue weighted by atomic mass is 9.91. The van der Waals surface area contributed by atoms with Crippen molar-refractivity contribution >= 4 is 21.6 Å². The Morgan fingerprint density at radius 3 is 2.56 bits per heavy atom. The second-order valence-electron chi connectivity index (χ2n) is 4.96. The van der Waals surface area contributed by atoms with Crippen molar-refractivity contribution in [3.63, 3.8) is 0 Å². The van der Waals surface area contributed by atoms with Gasteiger partial charge in [0, 0.05) is 23.6 Å². The first-order chi connectivity index (χ1) is 8.61. The number of halogens is 1. The molecule has 1 aromatic rings. The van der Waals surface area contributed by atoms with Crippen molar-refractivity contribution in [2.24, 2.45) is 5.73 Å². The molecule has 4 heteroatoms. The molecule has 1 aliphatic rings. The average molecular weight is 308 g/mol. The van der Waals surface area contributed by atoms with E-state index in [9.17, 15) is 0 Å². The summed E-state index contributed by atoms with van der Waals surface area (Å²) in [6.07, 6.45) is 4.49. The van der Waals surface area contributed by atoms with Crippen LogP contribution < -0.4 is 10.6 Å². The molecule has 2 rings (SSSR count). The Labute approximate surface area is 117 Å². The molecule has 1 saturated carbocycles. The first-order valence-electron chi connectivity index (χ1n) is 6.30. The summed E-state index contributed by atoms with van der Waals surface area (Å²) in [5, 5.41) is 8.87. The Morgan fingerprint density at radius 1 is 1.33 bits per heavy atom. The lowest BCUT2D eigenvalue weighted by Gasteiger charge is -2.35. The Bertz CT molecular complexity index is 459. The summed E-state index contributed by atoms with van der Waals surface area (Å²) < 4.78 is 0.985. The average Bonchev–Trinajstić information content (AvgIpc) is 2.38. The molecule has 18 heavy (non-hydrogen) atoms. The molecule has 1 aromatic carbocycles. The summed E-state index contributed by atoms with van der Waals surface area (Å²) in [5.74, 6) is 0. The zero-order chi connectivity index (χ0) is 13.1. The smallest absolute Gasteiger partial charge is 0.0992 e. The van der Waals surface area contributed by atoms with E-state index in [1.54, 1.807) is 0 Å². The quantitative estimate of drug-likeness (QED) is 0.913. The SMILES string of the molecule is CN(c1ccc(C#N)cc1Br)C1CCC(N)CC1. The van der Waals surface area contributed by atoms with Gasteiger partial charge in [-0.1, -0.05) is 0 Å². The van der Waals surface area contributed by atoms with Crippen LogP contribution in [-0.4, -0.2) is 19.1 Å². The first-order valence-corrected chi connectivity index (χ1v) is 7.09. The van der Waals surface area contributed by atoms with Gasteiger partial charge in [-0.3, -0.25) is 0 Å². The minimum Gasteiger partial charge on any atom is -0.371 e. The monoisotopic (exact) mass is 307 g/mol. The first kappa shape index (κ1) is 13.4. The number of nitrogens with zero attached hydrogens (tertiary/aromatic N) is 2. The number of benzene rings is 1. The maximum Gasteiger partial charge on any atom is 0.0992 e. The second-order valence-corrected chi connectivity index (χ2v) is 5.81. The molecular weight excluding hydrogens is 290 g/mol. The molecule has 0 aliphatic heterocycles. The summed E-state index contributed by atoms with van der Waals surface area (Å²) in [5.41, 5.74) is 7.77. The van der Waals surface area contributed by atoms with Crippen LogP contribution in [0.25, 0.3) is 0 Å². The normalized spacial score (nSPS) is 23.4. The maximum atomic E-state index is 8.87. The van der Waals surface area contributed by atoms with Crippen LogP contribution in [0.1, 0.15) is 31.2 Å². The number of nitriles is 1. The van der Waals surface area contributed by atoms with Crippen LogP contribution in [-0.2, 0) is 0 Å². The molecule has 2 N–H and O–H groups in total. The minimum absolute atomic E-state index is 0.374. The molecule has 0 radical (unpaired) electrons. The number of nitrogens with two attached hydrogens (primary N) is 1. The van der Waals surface area contributed by atoms with Gasteiger partial charge >= 0.3 is 0 Å². The van der Waals surface area contributed by atoms with Crippen LogP contribution in [0.4, 0.5) is 5.69 Å². The van der Waals surface area contributed by atoms with E-state index in [4.69, 9.17) is 11.0 Å². The maximum absolute atomic E-state index is 8.87. The van der Waals surface area contributed by atoms with Gasteiger partial charge in [0.05, 0.1) is 17.3 Å². The molecule has 0 saturated heterocycles. The minimum atomic E-state index is 0.374. The molecule has 0 bridgehead atoms. The van der Waals surface area contributed by atoms with Crippen LogP contribution in [0.5, 0.6) is 0 Å². The van der Waals surface area contributed by atoms with Crippen LogP contribution in [0.15, 0.2) is 22.7 Å². The molecule has 0 heterocycles. The number of anilines is 1. The fraction of sp³-hybridized carbons (Fsp3) is 0.500. The van der Waals surface area contributed by atoms with E-state index < -0.39 is 0 Å². The lowest BCUT2D eigenvalue weighted by Crippen LogP contribution is -2.38. The molecule has 0 atom stereocenters. The van der Waals surface area contributed by atoms with Gasteiger partial charge in [0.2, 0.25) is 0 Å². The predicted molar refractivity (Wildman–Crippen MR) is 77.5 cm³/mol. The summed E-state index contributed by atoms with van der Waals surface area (Å²) >= 11 is 3.55. The van der Waals surface area contributed by atoms with E-state index in [-0.39, 0.29) is 0 Å². The molecular formula is C14H18BrN3. The van der Waals surface area contributed by atoms with Crippen LogP contribution in [0, 0.1) is 11.3 Å². The van der Waals surface area contributed by atoms with Crippen molar-refractivity contribution < 1.29 is 0 Å². The Kier molecular flexibility index (Phi) is 4.26. The summed E-state index contributed by atoms with van der Waals surface area (Å²) in [6, 6.07) is 8.83. The van der Waals surface area contributed by atoms with Gasteiger partial charge in [-0.15, -0.1) is 0 Å². The molecule has 0 unspecified atom stereocenters. The van der Waals surface area contributed by atoms with Gasteiger partial charge in [-0.2, -0.15) is 5.26 Å². The highest BCUT2D eigenvalue weighted by Crippen LogP contribution is 2.31. The van der Waals surface area contributed by atoms with Crippen molar-refractivity contribution in [2.75, 3.05) is 11.9 Å². The van der Waals surface area contributed by atoms with Crippen molar-refractivity contribution in [2.45, 2.75) is 37.8 Å². The molecule has 0 aromatic heterocycles. The largest absolute Gasteiger partial charge is 0.371 e. The van der Waals surface area contributed by atoms with Gasteiger partial charge in [0.25, 0.3) is 0 Å². The number of rotatable bonds is 2. The molecule has 1 aliphatic carbocycles. The number of hydrogen-bond donors (Lipinski definition) is 1. The van der Waals surface area contributed by atoms with E-state index in [0.29, 0.717) is 17.6 Å². The van der Waals surface area contributed by atoms with Crippen LogP contribution in [0.2, 0.25) is 0 Å². The predicted octanol–water partition coefficient (Wildman–Crippen LogP) is 3.03. The van der Waals surface area contributed by atoms with Crippen LogP contribution in [0.3, 0.4) is 0 Å². The highest BCUT2D eigenvalue weighted by molar-refractivity contribution is 9.10. The van der Waals surface area contributed by atoms with Gasteiger partial charge in [-0.25, -0.2) is 0 Å². The van der Waals surface area contributed by atoms with E-state index in [2.05, 4.69) is 33.9 Å². The van der Waals surface area contributed by atoms with Gasteiger partial charge in [0.1, 0.15) is 0 Å². The molecule has 96 valence electrons. The Hall–Kier alpha value is -1.05. The van der Waals surface area contributed by atoms with Crippen molar-refractivity contribution in [3.05, 3.63) is 28.2 Å². The Balaban J connectivity index is 2.14. The lowest BCUT2D eigenvalue weighted by molar-refractivity contribution is 0.385. The fourth-order valence-corrected chi connectivity index (χ4v) is 3.21. The van der Waals surface area contributed by atoms with Crippen molar-refractivity contribution in [3.8, 4) is 6.07 Å². The zero-order valence-electron chi connectivity index (χ0n) is 10.6. The van der Waals surface area contributed by atoms with E-state index in [1.165, 1.54) is 0 Å². The topological polar surface area (TPSA) is 53.0 Å². The van der Waals surface area contributed by atoms with E-state index in [0.717, 1.165) is 35.8 Å². The van der Waals surface area contributed by atoms with Gasteiger partial charge in [0.15, 0.2) is 0 Å². The Morgan fingerprint density at radius 2 is 2.00 bits per heavy atom. The summed E-state index contributed by atoms with van der Waals surface area (Å²) in [4.78, 5) is 2.30.